The SMILES string of the molecule is CCCNC(CCN1CC2CCC(C1)O2)C(C)(C)C. The van der Waals surface area contributed by atoms with Gasteiger partial charge in [-0.15, -0.1) is 0 Å². The number of ether oxygens (including phenoxy) is 1. The Hall–Kier alpha value is -0.120. The minimum atomic E-state index is 0.348. The minimum Gasteiger partial charge on any atom is -0.372 e. The van der Waals surface area contributed by atoms with Crippen LogP contribution in [0.2, 0.25) is 0 Å². The lowest BCUT2D eigenvalue weighted by atomic mass is 9.84. The van der Waals surface area contributed by atoms with Crippen molar-refractivity contribution >= 4 is 0 Å². The second-order valence-electron chi connectivity index (χ2n) is 7.38. The molecule has 2 heterocycles. The Bertz CT molecular complexity index is 262. The fraction of sp³-hybridized carbons (Fsp3) is 1.00. The van der Waals surface area contributed by atoms with E-state index < -0.39 is 0 Å². The van der Waals surface area contributed by atoms with E-state index in [1.807, 2.05) is 0 Å². The van der Waals surface area contributed by atoms with Crippen LogP contribution >= 0.6 is 0 Å². The molecule has 2 aliphatic heterocycles. The minimum absolute atomic E-state index is 0.348. The van der Waals surface area contributed by atoms with Gasteiger partial charge in [0.2, 0.25) is 0 Å². The van der Waals surface area contributed by atoms with Gasteiger partial charge in [0.25, 0.3) is 0 Å². The normalized spacial score (nSPS) is 29.7. The highest BCUT2D eigenvalue weighted by Crippen LogP contribution is 2.27. The number of hydrogen-bond acceptors (Lipinski definition) is 3. The van der Waals surface area contributed by atoms with Crippen molar-refractivity contribution in [2.45, 2.75) is 71.6 Å². The van der Waals surface area contributed by atoms with Crippen molar-refractivity contribution in [2.24, 2.45) is 5.41 Å². The van der Waals surface area contributed by atoms with Gasteiger partial charge < -0.3 is 10.1 Å². The maximum absolute atomic E-state index is 5.91. The largest absolute Gasteiger partial charge is 0.372 e. The molecule has 0 aromatic heterocycles. The van der Waals surface area contributed by atoms with Crippen molar-refractivity contribution in [3.63, 3.8) is 0 Å². The van der Waals surface area contributed by atoms with Gasteiger partial charge in [-0.2, -0.15) is 0 Å². The van der Waals surface area contributed by atoms with Crippen LogP contribution in [0.4, 0.5) is 0 Å². The van der Waals surface area contributed by atoms with Crippen LogP contribution in [0.15, 0.2) is 0 Å². The molecular formula is C16H32N2O. The first-order valence-corrected chi connectivity index (χ1v) is 8.10. The molecule has 2 rings (SSSR count). The van der Waals surface area contributed by atoms with E-state index in [1.54, 1.807) is 0 Å². The molecule has 2 bridgehead atoms. The molecule has 0 amide bonds. The predicted octanol–water partition coefficient (Wildman–Crippen LogP) is 2.65. The van der Waals surface area contributed by atoms with Gasteiger partial charge in [0.1, 0.15) is 0 Å². The average Bonchev–Trinajstić information content (AvgIpc) is 2.67. The van der Waals surface area contributed by atoms with E-state index in [4.69, 9.17) is 4.74 Å². The highest BCUT2D eigenvalue weighted by molar-refractivity contribution is 4.87. The third-order valence-corrected chi connectivity index (χ3v) is 4.54. The summed E-state index contributed by atoms with van der Waals surface area (Å²) in [6.45, 7) is 14.0. The lowest BCUT2D eigenvalue weighted by molar-refractivity contribution is -0.0399. The predicted molar refractivity (Wildman–Crippen MR) is 80.5 cm³/mol. The molecule has 19 heavy (non-hydrogen) atoms. The Morgan fingerprint density at radius 1 is 1.21 bits per heavy atom. The summed E-state index contributed by atoms with van der Waals surface area (Å²) in [4.78, 5) is 2.62. The topological polar surface area (TPSA) is 24.5 Å². The quantitative estimate of drug-likeness (QED) is 0.801. The van der Waals surface area contributed by atoms with E-state index in [9.17, 15) is 0 Å². The monoisotopic (exact) mass is 268 g/mol. The summed E-state index contributed by atoms with van der Waals surface area (Å²) >= 11 is 0. The van der Waals surface area contributed by atoms with Gasteiger partial charge in [-0.25, -0.2) is 0 Å². The summed E-state index contributed by atoms with van der Waals surface area (Å²) in [6, 6.07) is 0.618. The van der Waals surface area contributed by atoms with Crippen molar-refractivity contribution in [1.29, 1.82) is 0 Å². The third-order valence-electron chi connectivity index (χ3n) is 4.54. The van der Waals surface area contributed by atoms with E-state index >= 15 is 0 Å². The highest BCUT2D eigenvalue weighted by atomic mass is 16.5. The zero-order valence-electron chi connectivity index (χ0n) is 13.2. The van der Waals surface area contributed by atoms with Gasteiger partial charge in [0, 0.05) is 19.1 Å². The van der Waals surface area contributed by atoms with E-state index in [0.717, 1.165) is 19.6 Å². The summed E-state index contributed by atoms with van der Waals surface area (Å²) in [6.07, 6.45) is 6.07. The first-order chi connectivity index (χ1) is 8.99. The third kappa shape index (κ3) is 4.44. The van der Waals surface area contributed by atoms with Crippen LogP contribution in [0.25, 0.3) is 0 Å². The summed E-state index contributed by atoms with van der Waals surface area (Å²) in [5.41, 5.74) is 0.348. The van der Waals surface area contributed by atoms with Gasteiger partial charge in [-0.05, 0) is 44.2 Å². The standard InChI is InChI=1S/C16H32N2O/c1-5-9-17-15(16(2,3)4)8-10-18-11-13-6-7-14(12-18)19-13/h13-15,17H,5-12H2,1-4H3. The molecule has 3 nitrogen and oxygen atoms in total. The zero-order chi connectivity index (χ0) is 13.9. The molecule has 0 aromatic carbocycles. The van der Waals surface area contributed by atoms with Gasteiger partial charge >= 0.3 is 0 Å². The van der Waals surface area contributed by atoms with Crippen LogP contribution in [-0.2, 0) is 4.74 Å². The summed E-state index contributed by atoms with van der Waals surface area (Å²) < 4.78 is 5.91. The molecule has 0 radical (unpaired) electrons. The average molecular weight is 268 g/mol. The Kier molecular flexibility index (Phi) is 5.27. The fourth-order valence-electron chi connectivity index (χ4n) is 3.35. The lowest BCUT2D eigenvalue weighted by Gasteiger charge is -2.36. The summed E-state index contributed by atoms with van der Waals surface area (Å²) in [5.74, 6) is 0. The molecular weight excluding hydrogens is 236 g/mol. The second-order valence-corrected chi connectivity index (χ2v) is 7.38. The molecule has 2 saturated heterocycles. The molecule has 0 saturated carbocycles. The molecule has 0 aliphatic carbocycles. The van der Waals surface area contributed by atoms with E-state index in [1.165, 1.54) is 32.2 Å². The second kappa shape index (κ2) is 6.55. The van der Waals surface area contributed by atoms with Gasteiger partial charge in [-0.3, -0.25) is 4.90 Å². The van der Waals surface area contributed by atoms with Gasteiger partial charge in [-0.1, -0.05) is 27.7 Å². The van der Waals surface area contributed by atoms with Gasteiger partial charge in [0.15, 0.2) is 0 Å². The maximum atomic E-state index is 5.91. The van der Waals surface area contributed by atoms with Crippen LogP contribution in [0, 0.1) is 5.41 Å². The van der Waals surface area contributed by atoms with Gasteiger partial charge in [0.05, 0.1) is 12.2 Å². The van der Waals surface area contributed by atoms with Crippen LogP contribution in [0.5, 0.6) is 0 Å². The van der Waals surface area contributed by atoms with E-state index in [0.29, 0.717) is 23.7 Å². The number of fused-ring (bicyclic) bond motifs is 2. The van der Waals surface area contributed by atoms with Crippen molar-refractivity contribution in [3.05, 3.63) is 0 Å². The smallest absolute Gasteiger partial charge is 0.0707 e. The van der Waals surface area contributed by atoms with Crippen molar-refractivity contribution in [2.75, 3.05) is 26.2 Å². The molecule has 3 unspecified atom stereocenters. The molecule has 0 spiro atoms. The fourth-order valence-corrected chi connectivity index (χ4v) is 3.35. The summed E-state index contributed by atoms with van der Waals surface area (Å²) in [7, 11) is 0. The molecule has 2 fully saturated rings. The number of nitrogens with one attached hydrogen (secondary N) is 1. The van der Waals surface area contributed by atoms with Crippen molar-refractivity contribution < 1.29 is 4.74 Å². The van der Waals surface area contributed by atoms with Crippen LogP contribution in [0.3, 0.4) is 0 Å². The molecule has 2 aliphatic rings. The Morgan fingerprint density at radius 2 is 1.84 bits per heavy atom. The van der Waals surface area contributed by atoms with Crippen LogP contribution < -0.4 is 5.32 Å². The molecule has 1 N–H and O–H groups in total. The number of hydrogen-bond donors (Lipinski definition) is 1. The molecule has 3 heteroatoms. The maximum Gasteiger partial charge on any atom is 0.0707 e. The Labute approximate surface area is 119 Å². The number of morpholine rings is 1. The zero-order valence-corrected chi connectivity index (χ0v) is 13.2. The Morgan fingerprint density at radius 3 is 2.37 bits per heavy atom. The number of likely N-dealkylation sites (tertiary alicyclic amines) is 1. The first-order valence-electron chi connectivity index (χ1n) is 8.10. The van der Waals surface area contributed by atoms with Crippen LogP contribution in [0.1, 0.15) is 53.4 Å². The number of nitrogens with zero attached hydrogens (tertiary/aromatic N) is 1. The summed E-state index contributed by atoms with van der Waals surface area (Å²) in [5, 5.41) is 3.73. The lowest BCUT2D eigenvalue weighted by Crippen LogP contribution is -2.47. The van der Waals surface area contributed by atoms with E-state index in [-0.39, 0.29) is 0 Å². The van der Waals surface area contributed by atoms with E-state index in [2.05, 4.69) is 37.9 Å². The van der Waals surface area contributed by atoms with Crippen molar-refractivity contribution in [1.82, 2.24) is 10.2 Å². The van der Waals surface area contributed by atoms with Crippen molar-refractivity contribution in [3.8, 4) is 0 Å². The Balaban J connectivity index is 1.78. The van der Waals surface area contributed by atoms with Crippen LogP contribution in [-0.4, -0.2) is 49.3 Å². The molecule has 112 valence electrons. The number of rotatable bonds is 6. The molecule has 0 aromatic rings. The first kappa shape index (κ1) is 15.3. The highest BCUT2D eigenvalue weighted by Gasteiger charge is 2.34. The molecule has 3 atom stereocenters.